The lowest BCUT2D eigenvalue weighted by Gasteiger charge is -2.19. The topological polar surface area (TPSA) is 106 Å². The number of anilines is 1. The van der Waals surface area contributed by atoms with Gasteiger partial charge in [-0.2, -0.15) is 4.98 Å². The Kier molecular flexibility index (Phi) is 4.81. The summed E-state index contributed by atoms with van der Waals surface area (Å²) in [4.78, 5) is 26.3. The Morgan fingerprint density at radius 2 is 2.37 bits per heavy atom. The second-order valence-electron chi connectivity index (χ2n) is 3.52. The van der Waals surface area contributed by atoms with Gasteiger partial charge in [0.05, 0.1) is 12.0 Å². The van der Waals surface area contributed by atoms with Gasteiger partial charge in [-0.1, -0.05) is 6.08 Å². The van der Waals surface area contributed by atoms with E-state index in [1.807, 2.05) is 0 Å². The molecule has 0 spiro atoms. The van der Waals surface area contributed by atoms with Crippen molar-refractivity contribution in [2.24, 2.45) is 0 Å². The van der Waals surface area contributed by atoms with Gasteiger partial charge < -0.3 is 14.7 Å². The Hall–Kier alpha value is -2.64. The third-order valence-corrected chi connectivity index (χ3v) is 2.21. The average Bonchev–Trinajstić information content (AvgIpc) is 2.36. The number of nitro groups is 1. The summed E-state index contributed by atoms with van der Waals surface area (Å²) in [7, 11) is 1.37. The molecule has 0 fully saturated rings. The highest BCUT2D eigenvalue weighted by atomic mass is 16.6. The first-order valence-corrected chi connectivity index (χ1v) is 5.26. The molecule has 8 nitrogen and oxygen atoms in total. The van der Waals surface area contributed by atoms with Crippen molar-refractivity contribution in [3.8, 4) is 5.88 Å². The molecule has 0 amide bonds. The second-order valence-corrected chi connectivity index (χ2v) is 3.52. The van der Waals surface area contributed by atoms with Gasteiger partial charge in [-0.25, -0.2) is 0 Å². The molecule has 0 saturated heterocycles. The first-order chi connectivity index (χ1) is 8.99. The second kappa shape index (κ2) is 6.34. The lowest BCUT2D eigenvalue weighted by Crippen LogP contribution is -2.31. The smallest absolute Gasteiger partial charge is 0.323 e. The van der Waals surface area contributed by atoms with Crippen LogP contribution in [-0.4, -0.2) is 41.2 Å². The van der Waals surface area contributed by atoms with E-state index in [9.17, 15) is 14.9 Å². The van der Waals surface area contributed by atoms with Gasteiger partial charge in [0.25, 0.3) is 0 Å². The number of carboxylic acids is 1. The number of nitrogens with zero attached hydrogens (tertiary/aromatic N) is 3. The lowest BCUT2D eigenvalue weighted by atomic mass is 10.3. The fraction of sp³-hybridized carbons (Fsp3) is 0.273. The van der Waals surface area contributed by atoms with Crippen molar-refractivity contribution in [3.63, 3.8) is 0 Å². The molecule has 102 valence electrons. The fourth-order valence-electron chi connectivity index (χ4n) is 1.46. The van der Waals surface area contributed by atoms with Crippen LogP contribution in [0.15, 0.2) is 24.8 Å². The Labute approximate surface area is 109 Å². The fourth-order valence-corrected chi connectivity index (χ4v) is 1.46. The normalized spacial score (nSPS) is 9.74. The number of rotatable bonds is 7. The number of carbonyl (C=O) groups is 1. The number of aliphatic carboxylic acids is 1. The Balaban J connectivity index is 3.27. The van der Waals surface area contributed by atoms with Gasteiger partial charge in [0.1, 0.15) is 6.54 Å². The van der Waals surface area contributed by atoms with Gasteiger partial charge in [0.2, 0.25) is 11.7 Å². The summed E-state index contributed by atoms with van der Waals surface area (Å²) >= 11 is 0. The maximum Gasteiger partial charge on any atom is 0.323 e. The number of hydrogen-bond acceptors (Lipinski definition) is 6. The highest BCUT2D eigenvalue weighted by Gasteiger charge is 2.23. The Morgan fingerprint density at radius 3 is 2.84 bits per heavy atom. The van der Waals surface area contributed by atoms with E-state index in [0.717, 1.165) is 0 Å². The van der Waals surface area contributed by atoms with E-state index in [0.29, 0.717) is 0 Å². The molecule has 0 aliphatic carbocycles. The zero-order valence-electron chi connectivity index (χ0n) is 10.3. The predicted octanol–water partition coefficient (Wildman–Crippen LogP) is 1.08. The number of aromatic nitrogens is 1. The molecule has 0 radical (unpaired) electrons. The van der Waals surface area contributed by atoms with Crippen LogP contribution in [0.25, 0.3) is 0 Å². The summed E-state index contributed by atoms with van der Waals surface area (Å²) in [6, 6.07) is 2.56. The molecule has 0 saturated carbocycles. The van der Waals surface area contributed by atoms with Crippen molar-refractivity contribution in [2.75, 3.05) is 25.1 Å². The Bertz CT molecular complexity index is 503. The monoisotopic (exact) mass is 267 g/mol. The van der Waals surface area contributed by atoms with Crippen molar-refractivity contribution < 1.29 is 19.6 Å². The average molecular weight is 267 g/mol. The summed E-state index contributed by atoms with van der Waals surface area (Å²) in [6.45, 7) is 3.18. The molecule has 19 heavy (non-hydrogen) atoms. The van der Waals surface area contributed by atoms with Crippen LogP contribution < -0.4 is 9.64 Å². The largest absolute Gasteiger partial charge is 0.481 e. The maximum absolute atomic E-state index is 10.9. The number of pyridine rings is 1. The number of carboxylic acid groups (broad SMARTS) is 1. The molecular weight excluding hydrogens is 254 g/mol. The van der Waals surface area contributed by atoms with E-state index in [1.54, 1.807) is 0 Å². The molecule has 1 aromatic rings. The minimum atomic E-state index is -1.12. The van der Waals surface area contributed by atoms with E-state index in [-0.39, 0.29) is 23.9 Å². The molecule has 1 heterocycles. The van der Waals surface area contributed by atoms with Crippen LogP contribution in [0, 0.1) is 10.1 Å². The van der Waals surface area contributed by atoms with Crippen molar-refractivity contribution in [1.29, 1.82) is 0 Å². The molecule has 8 heteroatoms. The summed E-state index contributed by atoms with van der Waals surface area (Å²) in [5.41, 5.74) is -0.288. The molecule has 0 atom stereocenters. The van der Waals surface area contributed by atoms with E-state index < -0.39 is 17.4 Å². The van der Waals surface area contributed by atoms with E-state index in [4.69, 9.17) is 9.84 Å². The number of methoxy groups -OCH3 is 1. The molecule has 0 bridgehead atoms. The van der Waals surface area contributed by atoms with E-state index in [1.165, 1.54) is 30.2 Å². The third-order valence-electron chi connectivity index (χ3n) is 2.21. The molecule has 0 aliphatic heterocycles. The van der Waals surface area contributed by atoms with E-state index >= 15 is 0 Å². The molecule has 0 aromatic carbocycles. The summed E-state index contributed by atoms with van der Waals surface area (Å²) < 4.78 is 4.89. The third kappa shape index (κ3) is 3.66. The van der Waals surface area contributed by atoms with Gasteiger partial charge in [0.15, 0.2) is 0 Å². The van der Waals surface area contributed by atoms with Crippen molar-refractivity contribution >= 4 is 17.5 Å². The molecule has 1 rings (SSSR count). The first-order valence-electron chi connectivity index (χ1n) is 5.26. The van der Waals surface area contributed by atoms with Crippen molar-refractivity contribution in [3.05, 3.63) is 34.9 Å². The minimum absolute atomic E-state index is 0.0633. The summed E-state index contributed by atoms with van der Waals surface area (Å²) in [5.74, 6) is -1.02. The maximum atomic E-state index is 10.9. The zero-order valence-corrected chi connectivity index (χ0v) is 10.3. The lowest BCUT2D eigenvalue weighted by molar-refractivity contribution is -0.384. The van der Waals surface area contributed by atoms with Crippen molar-refractivity contribution in [2.45, 2.75) is 0 Å². The molecular formula is C11H13N3O5. The van der Waals surface area contributed by atoms with Crippen LogP contribution >= 0.6 is 0 Å². The molecule has 1 aromatic heterocycles. The van der Waals surface area contributed by atoms with Gasteiger partial charge in [0, 0.05) is 18.7 Å². The summed E-state index contributed by atoms with van der Waals surface area (Å²) in [5, 5.41) is 19.8. The Morgan fingerprint density at radius 1 is 1.68 bits per heavy atom. The highest BCUT2D eigenvalue weighted by Crippen LogP contribution is 2.28. The number of ether oxygens (including phenoxy) is 1. The van der Waals surface area contributed by atoms with Crippen LogP contribution in [0.5, 0.6) is 5.88 Å². The van der Waals surface area contributed by atoms with Crippen LogP contribution in [0.3, 0.4) is 0 Å². The van der Waals surface area contributed by atoms with Crippen LogP contribution in [0.1, 0.15) is 0 Å². The highest BCUT2D eigenvalue weighted by molar-refractivity contribution is 5.75. The van der Waals surface area contributed by atoms with E-state index in [2.05, 4.69) is 11.6 Å². The van der Waals surface area contributed by atoms with Crippen LogP contribution in [0.4, 0.5) is 11.5 Å². The van der Waals surface area contributed by atoms with Gasteiger partial charge >= 0.3 is 11.7 Å². The van der Waals surface area contributed by atoms with Crippen molar-refractivity contribution in [1.82, 2.24) is 4.98 Å². The standard InChI is InChI=1S/C11H13N3O5/c1-3-6-13(7-10(15)16)11-8(14(17)18)4-5-9(12-11)19-2/h3-5H,1,6-7H2,2H3,(H,15,16). The van der Waals surface area contributed by atoms with Gasteiger partial charge in [-0.05, 0) is 0 Å². The minimum Gasteiger partial charge on any atom is -0.481 e. The molecule has 1 N–H and O–H groups in total. The SMILES string of the molecule is C=CCN(CC(=O)O)c1nc(OC)ccc1[N+](=O)[O-]. The zero-order chi connectivity index (χ0) is 14.4. The molecule has 0 unspecified atom stereocenters. The van der Waals surface area contributed by atoms with Gasteiger partial charge in [-0.15, -0.1) is 6.58 Å². The predicted molar refractivity (Wildman–Crippen MR) is 67.5 cm³/mol. The molecule has 0 aliphatic rings. The van der Waals surface area contributed by atoms with Crippen LogP contribution in [0.2, 0.25) is 0 Å². The first kappa shape index (κ1) is 14.4. The van der Waals surface area contributed by atoms with Crippen LogP contribution in [-0.2, 0) is 4.79 Å². The quantitative estimate of drug-likeness (QED) is 0.447. The summed E-state index contributed by atoms with van der Waals surface area (Å²) in [6.07, 6.45) is 1.44. The number of hydrogen-bond donors (Lipinski definition) is 1. The van der Waals surface area contributed by atoms with Gasteiger partial charge in [-0.3, -0.25) is 14.9 Å².